The van der Waals surface area contributed by atoms with Gasteiger partial charge in [0.05, 0.1) is 18.2 Å². The zero-order valence-electron chi connectivity index (χ0n) is 11.9. The fraction of sp³-hybridized carbons (Fsp3) is 0.125. The van der Waals surface area contributed by atoms with Gasteiger partial charge in [0.2, 0.25) is 0 Å². The molecule has 6 heteroatoms. The number of methoxy groups -OCH3 is 1. The third-order valence-electron chi connectivity index (χ3n) is 3.08. The summed E-state index contributed by atoms with van der Waals surface area (Å²) in [5, 5.41) is 2.67. The van der Waals surface area contributed by atoms with Gasteiger partial charge < -0.3 is 10.1 Å². The summed E-state index contributed by atoms with van der Waals surface area (Å²) < 4.78 is 18.4. The number of carbonyl (C=O) groups is 2. The molecule has 0 aromatic heterocycles. The highest BCUT2D eigenvalue weighted by atomic mass is 79.9. The standard InChI is InChI=1S/C16H13BrFNO3/c1-9-3-4-10(16(21)22-2)7-14(9)19-15(20)12-8-11(18)5-6-13(12)17/h3-8H,1-2H3,(H,19,20). The summed E-state index contributed by atoms with van der Waals surface area (Å²) in [4.78, 5) is 23.8. The molecule has 2 aromatic rings. The minimum absolute atomic E-state index is 0.169. The largest absolute Gasteiger partial charge is 0.465 e. The first kappa shape index (κ1) is 16.2. The Hall–Kier alpha value is -2.21. The molecule has 114 valence electrons. The lowest BCUT2D eigenvalue weighted by molar-refractivity contribution is 0.0600. The van der Waals surface area contributed by atoms with E-state index in [1.54, 1.807) is 19.1 Å². The number of hydrogen-bond donors (Lipinski definition) is 1. The van der Waals surface area contributed by atoms with Crippen molar-refractivity contribution in [2.75, 3.05) is 12.4 Å². The van der Waals surface area contributed by atoms with Crippen LogP contribution >= 0.6 is 15.9 Å². The number of nitrogens with one attached hydrogen (secondary N) is 1. The van der Waals surface area contributed by atoms with E-state index >= 15 is 0 Å². The van der Waals surface area contributed by atoms with Crippen LogP contribution in [0.2, 0.25) is 0 Å². The second-order valence-corrected chi connectivity index (χ2v) is 5.45. The molecule has 0 saturated carbocycles. The molecule has 0 saturated heterocycles. The molecule has 0 spiro atoms. The summed E-state index contributed by atoms with van der Waals surface area (Å²) >= 11 is 3.21. The van der Waals surface area contributed by atoms with Gasteiger partial charge in [-0.1, -0.05) is 6.07 Å². The maximum atomic E-state index is 13.3. The molecule has 0 aliphatic rings. The van der Waals surface area contributed by atoms with E-state index in [9.17, 15) is 14.0 Å². The summed E-state index contributed by atoms with van der Waals surface area (Å²) in [5.41, 5.74) is 1.72. The van der Waals surface area contributed by atoms with E-state index < -0.39 is 17.7 Å². The smallest absolute Gasteiger partial charge is 0.337 e. The summed E-state index contributed by atoms with van der Waals surface area (Å²) in [7, 11) is 1.28. The quantitative estimate of drug-likeness (QED) is 0.838. The average molecular weight is 366 g/mol. The van der Waals surface area contributed by atoms with Gasteiger partial charge in [-0.25, -0.2) is 9.18 Å². The van der Waals surface area contributed by atoms with E-state index in [4.69, 9.17) is 0 Å². The zero-order valence-corrected chi connectivity index (χ0v) is 13.5. The van der Waals surface area contributed by atoms with Gasteiger partial charge in [-0.05, 0) is 58.7 Å². The first-order valence-corrected chi connectivity index (χ1v) is 7.17. The third kappa shape index (κ3) is 3.51. The number of anilines is 1. The summed E-state index contributed by atoms with van der Waals surface area (Å²) in [6.07, 6.45) is 0. The lowest BCUT2D eigenvalue weighted by Crippen LogP contribution is -2.14. The van der Waals surface area contributed by atoms with E-state index in [0.29, 0.717) is 15.7 Å². The summed E-state index contributed by atoms with van der Waals surface area (Å²) in [6, 6.07) is 8.68. The molecule has 2 aromatic carbocycles. The van der Waals surface area contributed by atoms with Crippen molar-refractivity contribution >= 4 is 33.5 Å². The average Bonchev–Trinajstić information content (AvgIpc) is 2.50. The van der Waals surface area contributed by atoms with Crippen LogP contribution < -0.4 is 5.32 Å². The Labute approximate surface area is 135 Å². The van der Waals surface area contributed by atoms with Crippen molar-refractivity contribution in [1.82, 2.24) is 0 Å². The maximum absolute atomic E-state index is 13.3. The first-order valence-electron chi connectivity index (χ1n) is 6.37. The molecule has 0 heterocycles. The molecule has 0 unspecified atom stereocenters. The van der Waals surface area contributed by atoms with Gasteiger partial charge in [0, 0.05) is 10.2 Å². The SMILES string of the molecule is COC(=O)c1ccc(C)c(NC(=O)c2cc(F)ccc2Br)c1. The Morgan fingerprint density at radius 1 is 1.18 bits per heavy atom. The van der Waals surface area contributed by atoms with Crippen LogP contribution in [0.4, 0.5) is 10.1 Å². The van der Waals surface area contributed by atoms with Crippen LogP contribution in [0.25, 0.3) is 0 Å². The second kappa shape index (κ2) is 6.70. The highest BCUT2D eigenvalue weighted by Gasteiger charge is 2.14. The molecule has 0 atom stereocenters. The van der Waals surface area contributed by atoms with Crippen LogP contribution in [0.5, 0.6) is 0 Å². The third-order valence-corrected chi connectivity index (χ3v) is 3.77. The van der Waals surface area contributed by atoms with E-state index in [1.165, 1.54) is 25.3 Å². The van der Waals surface area contributed by atoms with Crippen LogP contribution in [0.3, 0.4) is 0 Å². The number of carbonyl (C=O) groups excluding carboxylic acids is 2. The molecule has 0 aliphatic heterocycles. The van der Waals surface area contributed by atoms with Crippen LogP contribution in [-0.2, 0) is 4.74 Å². The Balaban J connectivity index is 2.32. The van der Waals surface area contributed by atoms with Gasteiger partial charge in [0.1, 0.15) is 5.82 Å². The van der Waals surface area contributed by atoms with Gasteiger partial charge in [-0.3, -0.25) is 4.79 Å². The second-order valence-electron chi connectivity index (χ2n) is 4.60. The van der Waals surface area contributed by atoms with Gasteiger partial charge in [-0.2, -0.15) is 0 Å². The monoisotopic (exact) mass is 365 g/mol. The van der Waals surface area contributed by atoms with Crippen LogP contribution in [0, 0.1) is 12.7 Å². The van der Waals surface area contributed by atoms with Crippen LogP contribution in [0.1, 0.15) is 26.3 Å². The molecule has 1 amide bonds. The Bertz CT molecular complexity index is 746. The number of aryl methyl sites for hydroxylation is 1. The molecule has 22 heavy (non-hydrogen) atoms. The molecule has 1 N–H and O–H groups in total. The number of amides is 1. The molecule has 0 radical (unpaired) electrons. The van der Waals surface area contributed by atoms with E-state index in [2.05, 4.69) is 26.0 Å². The van der Waals surface area contributed by atoms with Gasteiger partial charge in [0.25, 0.3) is 5.91 Å². The van der Waals surface area contributed by atoms with Crippen LogP contribution in [-0.4, -0.2) is 19.0 Å². The van der Waals surface area contributed by atoms with Crippen molar-refractivity contribution in [2.24, 2.45) is 0 Å². The topological polar surface area (TPSA) is 55.4 Å². The van der Waals surface area contributed by atoms with Crippen molar-refractivity contribution in [3.8, 4) is 0 Å². The minimum Gasteiger partial charge on any atom is -0.465 e. The van der Waals surface area contributed by atoms with Crippen LogP contribution in [0.15, 0.2) is 40.9 Å². The highest BCUT2D eigenvalue weighted by molar-refractivity contribution is 9.10. The lowest BCUT2D eigenvalue weighted by atomic mass is 10.1. The Morgan fingerprint density at radius 3 is 2.59 bits per heavy atom. The normalized spacial score (nSPS) is 10.2. The predicted octanol–water partition coefficient (Wildman–Crippen LogP) is 3.94. The van der Waals surface area contributed by atoms with Gasteiger partial charge >= 0.3 is 5.97 Å². The highest BCUT2D eigenvalue weighted by Crippen LogP contribution is 2.22. The molecule has 0 fully saturated rings. The molecule has 4 nitrogen and oxygen atoms in total. The fourth-order valence-corrected chi connectivity index (χ4v) is 2.29. The number of benzene rings is 2. The number of rotatable bonds is 3. The fourth-order valence-electron chi connectivity index (χ4n) is 1.86. The van der Waals surface area contributed by atoms with Crippen molar-refractivity contribution < 1.29 is 18.7 Å². The Morgan fingerprint density at radius 2 is 1.91 bits per heavy atom. The van der Waals surface area contributed by atoms with Gasteiger partial charge in [-0.15, -0.1) is 0 Å². The molecule has 2 rings (SSSR count). The first-order chi connectivity index (χ1) is 10.4. The molecule has 0 bridgehead atoms. The molecular formula is C16H13BrFNO3. The van der Waals surface area contributed by atoms with E-state index in [-0.39, 0.29) is 5.56 Å². The number of hydrogen-bond acceptors (Lipinski definition) is 3. The Kier molecular flexibility index (Phi) is 4.92. The molecular weight excluding hydrogens is 353 g/mol. The summed E-state index contributed by atoms with van der Waals surface area (Å²) in [5.74, 6) is -1.48. The lowest BCUT2D eigenvalue weighted by Gasteiger charge is -2.11. The summed E-state index contributed by atoms with van der Waals surface area (Å²) in [6.45, 7) is 1.79. The zero-order chi connectivity index (χ0) is 16.3. The van der Waals surface area contributed by atoms with Crippen molar-refractivity contribution in [2.45, 2.75) is 6.92 Å². The van der Waals surface area contributed by atoms with Crippen molar-refractivity contribution in [1.29, 1.82) is 0 Å². The number of esters is 1. The number of ether oxygens (including phenoxy) is 1. The predicted molar refractivity (Wildman–Crippen MR) is 84.6 cm³/mol. The van der Waals surface area contributed by atoms with Gasteiger partial charge in [0.15, 0.2) is 0 Å². The molecule has 0 aliphatic carbocycles. The number of halogens is 2. The maximum Gasteiger partial charge on any atom is 0.337 e. The van der Waals surface area contributed by atoms with Crippen molar-refractivity contribution in [3.63, 3.8) is 0 Å². The van der Waals surface area contributed by atoms with E-state index in [1.807, 2.05) is 0 Å². The van der Waals surface area contributed by atoms with Crippen molar-refractivity contribution in [3.05, 3.63) is 63.4 Å². The minimum atomic E-state index is -0.506. The van der Waals surface area contributed by atoms with E-state index in [0.717, 1.165) is 11.6 Å².